The number of benzene rings is 2. The number of amides is 1. The van der Waals surface area contributed by atoms with E-state index in [1.54, 1.807) is 24.3 Å². The summed E-state index contributed by atoms with van der Waals surface area (Å²) in [7, 11) is 0. The second-order valence-electron chi connectivity index (χ2n) is 7.51. The molecule has 0 aliphatic heterocycles. The summed E-state index contributed by atoms with van der Waals surface area (Å²) in [6.45, 7) is 5.92. The molecule has 0 radical (unpaired) electrons. The van der Waals surface area contributed by atoms with Crippen LogP contribution in [0.25, 0.3) is 5.69 Å². The Balaban J connectivity index is 1.48. The van der Waals surface area contributed by atoms with Crippen molar-refractivity contribution in [3.05, 3.63) is 71.5 Å². The smallest absolute Gasteiger partial charge is 0.338 e. The highest BCUT2D eigenvalue weighted by Crippen LogP contribution is 2.15. The van der Waals surface area contributed by atoms with Gasteiger partial charge in [-0.2, -0.15) is 0 Å². The molecule has 156 valence electrons. The van der Waals surface area contributed by atoms with Gasteiger partial charge in [0.2, 0.25) is 0 Å². The summed E-state index contributed by atoms with van der Waals surface area (Å²) in [6.07, 6.45) is 2.48. The third-order valence-corrected chi connectivity index (χ3v) is 4.55. The van der Waals surface area contributed by atoms with Gasteiger partial charge in [0.05, 0.1) is 17.3 Å². The maximum absolute atomic E-state index is 12.2. The molecular formula is C22H25N5O3. The molecule has 8 nitrogen and oxygen atoms in total. The highest BCUT2D eigenvalue weighted by molar-refractivity contribution is 5.91. The van der Waals surface area contributed by atoms with E-state index in [4.69, 9.17) is 4.74 Å². The van der Waals surface area contributed by atoms with Crippen LogP contribution in [0.2, 0.25) is 0 Å². The van der Waals surface area contributed by atoms with E-state index in [1.165, 1.54) is 16.6 Å². The van der Waals surface area contributed by atoms with Gasteiger partial charge in [-0.05, 0) is 65.1 Å². The topological polar surface area (TPSA) is 99.0 Å². The van der Waals surface area contributed by atoms with E-state index in [0.29, 0.717) is 17.2 Å². The first-order valence-corrected chi connectivity index (χ1v) is 9.81. The van der Waals surface area contributed by atoms with Crippen LogP contribution in [0.4, 0.5) is 0 Å². The standard InChI is InChI=1S/C22H25N5O3/c1-15(2)12-17-4-6-18(7-5-17)16(3)24-21(28)13-30-22(29)19-8-10-20(11-9-19)27-14-23-25-26-27/h4-11,14-16H,12-13H2,1-3H3,(H,24,28)/t16-/m0/s1. The van der Waals surface area contributed by atoms with E-state index in [-0.39, 0.29) is 18.6 Å². The molecule has 0 spiro atoms. The van der Waals surface area contributed by atoms with Crippen molar-refractivity contribution >= 4 is 11.9 Å². The summed E-state index contributed by atoms with van der Waals surface area (Å²) in [5.74, 6) is -0.329. The number of nitrogens with one attached hydrogen (secondary N) is 1. The Hall–Kier alpha value is -3.55. The molecule has 0 unspecified atom stereocenters. The van der Waals surface area contributed by atoms with Crippen LogP contribution in [0.1, 0.15) is 48.3 Å². The zero-order valence-corrected chi connectivity index (χ0v) is 17.3. The van der Waals surface area contributed by atoms with Crippen molar-refractivity contribution < 1.29 is 14.3 Å². The van der Waals surface area contributed by atoms with Gasteiger partial charge in [-0.15, -0.1) is 5.10 Å². The Kier molecular flexibility index (Phi) is 6.90. The molecule has 0 saturated heterocycles. The molecule has 0 aliphatic carbocycles. The van der Waals surface area contributed by atoms with E-state index < -0.39 is 5.97 Å². The predicted octanol–water partition coefficient (Wildman–Crippen LogP) is 2.90. The van der Waals surface area contributed by atoms with Gasteiger partial charge >= 0.3 is 5.97 Å². The van der Waals surface area contributed by atoms with Crippen LogP contribution < -0.4 is 5.32 Å². The number of tetrazole rings is 1. The van der Waals surface area contributed by atoms with E-state index in [9.17, 15) is 9.59 Å². The predicted molar refractivity (Wildman–Crippen MR) is 111 cm³/mol. The van der Waals surface area contributed by atoms with Gasteiger partial charge in [0.15, 0.2) is 6.61 Å². The van der Waals surface area contributed by atoms with Gasteiger partial charge in [0.1, 0.15) is 6.33 Å². The molecule has 1 heterocycles. The lowest BCUT2D eigenvalue weighted by molar-refractivity contribution is -0.124. The number of carbonyl (C=O) groups excluding carboxylic acids is 2. The fourth-order valence-corrected chi connectivity index (χ4v) is 3.02. The van der Waals surface area contributed by atoms with Crippen molar-refractivity contribution in [3.8, 4) is 5.69 Å². The molecule has 3 rings (SSSR count). The van der Waals surface area contributed by atoms with Gasteiger partial charge < -0.3 is 10.1 Å². The molecule has 0 fully saturated rings. The van der Waals surface area contributed by atoms with E-state index in [0.717, 1.165) is 12.0 Å². The number of hydrogen-bond acceptors (Lipinski definition) is 6. The summed E-state index contributed by atoms with van der Waals surface area (Å²) >= 11 is 0. The average molecular weight is 407 g/mol. The molecule has 30 heavy (non-hydrogen) atoms. The fourth-order valence-electron chi connectivity index (χ4n) is 3.02. The van der Waals surface area contributed by atoms with E-state index >= 15 is 0 Å². The quantitative estimate of drug-likeness (QED) is 0.577. The second-order valence-corrected chi connectivity index (χ2v) is 7.51. The molecule has 1 amide bonds. The highest BCUT2D eigenvalue weighted by Gasteiger charge is 2.14. The van der Waals surface area contributed by atoms with Gasteiger partial charge in [-0.25, -0.2) is 9.48 Å². The molecule has 2 aromatic carbocycles. The number of nitrogens with zero attached hydrogens (tertiary/aromatic N) is 4. The molecule has 8 heteroatoms. The lowest BCUT2D eigenvalue weighted by Crippen LogP contribution is -2.31. The summed E-state index contributed by atoms with van der Waals surface area (Å²) in [5, 5.41) is 13.8. The number of aromatic nitrogens is 4. The first kappa shape index (κ1) is 21.2. The largest absolute Gasteiger partial charge is 0.452 e. The normalized spacial score (nSPS) is 11.9. The Morgan fingerprint density at radius 3 is 2.33 bits per heavy atom. The summed E-state index contributed by atoms with van der Waals surface area (Å²) in [4.78, 5) is 24.3. The minimum atomic E-state index is -0.570. The number of ether oxygens (including phenoxy) is 1. The van der Waals surface area contributed by atoms with Crippen molar-refractivity contribution in [3.63, 3.8) is 0 Å². The van der Waals surface area contributed by atoms with Crippen molar-refractivity contribution in [1.82, 2.24) is 25.5 Å². The van der Waals surface area contributed by atoms with Crippen LogP contribution in [0, 0.1) is 5.92 Å². The number of hydrogen-bond donors (Lipinski definition) is 1. The SMILES string of the molecule is CC(C)Cc1ccc([C@H](C)NC(=O)COC(=O)c2ccc(-n3cnnn3)cc2)cc1. The van der Waals surface area contributed by atoms with Crippen LogP contribution in [-0.2, 0) is 16.0 Å². The molecule has 1 aromatic heterocycles. The Morgan fingerprint density at radius 1 is 1.03 bits per heavy atom. The number of carbonyl (C=O) groups is 2. The molecule has 1 N–H and O–H groups in total. The summed E-state index contributed by atoms with van der Waals surface area (Å²) in [5.41, 5.74) is 3.32. The van der Waals surface area contributed by atoms with Crippen LogP contribution in [-0.4, -0.2) is 38.7 Å². The minimum absolute atomic E-state index is 0.181. The average Bonchev–Trinajstić information content (AvgIpc) is 3.27. The van der Waals surface area contributed by atoms with Gasteiger partial charge in [-0.3, -0.25) is 4.79 Å². The monoisotopic (exact) mass is 407 g/mol. The third kappa shape index (κ3) is 5.73. The zero-order chi connectivity index (χ0) is 21.5. The Morgan fingerprint density at radius 2 is 1.73 bits per heavy atom. The second kappa shape index (κ2) is 9.78. The lowest BCUT2D eigenvalue weighted by atomic mass is 10.00. The van der Waals surface area contributed by atoms with Crippen molar-refractivity contribution in [2.75, 3.05) is 6.61 Å². The van der Waals surface area contributed by atoms with Crippen molar-refractivity contribution in [2.24, 2.45) is 5.92 Å². The zero-order valence-electron chi connectivity index (χ0n) is 17.3. The molecule has 1 atom stereocenters. The van der Waals surface area contributed by atoms with E-state index in [1.807, 2.05) is 19.1 Å². The van der Waals surface area contributed by atoms with Crippen LogP contribution >= 0.6 is 0 Å². The highest BCUT2D eigenvalue weighted by atomic mass is 16.5. The first-order valence-electron chi connectivity index (χ1n) is 9.81. The van der Waals surface area contributed by atoms with E-state index in [2.05, 4.69) is 46.8 Å². The lowest BCUT2D eigenvalue weighted by Gasteiger charge is -2.15. The molecule has 0 saturated carbocycles. The summed E-state index contributed by atoms with van der Waals surface area (Å²) < 4.78 is 6.59. The maximum atomic E-state index is 12.2. The van der Waals surface area contributed by atoms with Crippen LogP contribution in [0.15, 0.2) is 54.9 Å². The molecule has 0 bridgehead atoms. The first-order chi connectivity index (χ1) is 14.4. The van der Waals surface area contributed by atoms with Crippen molar-refractivity contribution in [2.45, 2.75) is 33.2 Å². The fraction of sp³-hybridized carbons (Fsp3) is 0.318. The number of esters is 1. The Labute approximate surface area is 175 Å². The van der Waals surface area contributed by atoms with Gasteiger partial charge in [0, 0.05) is 0 Å². The molecule has 3 aromatic rings. The Bertz CT molecular complexity index is 967. The van der Waals surface area contributed by atoms with Gasteiger partial charge in [0.25, 0.3) is 5.91 Å². The summed E-state index contributed by atoms with van der Waals surface area (Å²) in [6, 6.07) is 14.6. The third-order valence-electron chi connectivity index (χ3n) is 4.55. The number of rotatable bonds is 8. The molecular weight excluding hydrogens is 382 g/mol. The van der Waals surface area contributed by atoms with Crippen LogP contribution in [0.3, 0.4) is 0 Å². The maximum Gasteiger partial charge on any atom is 0.338 e. The van der Waals surface area contributed by atoms with Crippen molar-refractivity contribution in [1.29, 1.82) is 0 Å². The molecule has 0 aliphatic rings. The van der Waals surface area contributed by atoms with Crippen LogP contribution in [0.5, 0.6) is 0 Å². The van der Waals surface area contributed by atoms with Gasteiger partial charge in [-0.1, -0.05) is 38.1 Å². The minimum Gasteiger partial charge on any atom is -0.452 e.